The first-order valence-corrected chi connectivity index (χ1v) is 6.61. The smallest absolute Gasteiger partial charge is 0.132 e. The Labute approximate surface area is 101 Å². The van der Waals surface area contributed by atoms with Crippen molar-refractivity contribution in [1.82, 2.24) is 9.88 Å². The fourth-order valence-electron chi connectivity index (χ4n) is 1.56. The minimum Gasteiger partial charge on any atom is -0.301 e. The van der Waals surface area contributed by atoms with Gasteiger partial charge in [-0.15, -0.1) is 11.3 Å². The molecule has 0 fully saturated rings. The largest absolute Gasteiger partial charge is 0.301 e. The molecule has 90 valence electrons. The Balaban J connectivity index is 2.20. The van der Waals surface area contributed by atoms with Crippen molar-refractivity contribution in [2.45, 2.75) is 39.7 Å². The van der Waals surface area contributed by atoms with Gasteiger partial charge in [0, 0.05) is 24.8 Å². The van der Waals surface area contributed by atoms with E-state index < -0.39 is 0 Å². The van der Waals surface area contributed by atoms with E-state index in [1.54, 1.807) is 11.3 Å². The van der Waals surface area contributed by atoms with Gasteiger partial charge in [0.2, 0.25) is 0 Å². The van der Waals surface area contributed by atoms with Crippen molar-refractivity contribution in [2.75, 3.05) is 13.6 Å². The zero-order valence-corrected chi connectivity index (χ0v) is 11.1. The Kier molecular flexibility index (Phi) is 5.63. The molecule has 0 aliphatic rings. The zero-order valence-electron chi connectivity index (χ0n) is 10.3. The van der Waals surface area contributed by atoms with Gasteiger partial charge in [-0.25, -0.2) is 4.98 Å². The van der Waals surface area contributed by atoms with E-state index in [4.69, 9.17) is 0 Å². The van der Waals surface area contributed by atoms with Gasteiger partial charge >= 0.3 is 0 Å². The summed E-state index contributed by atoms with van der Waals surface area (Å²) in [5.74, 6) is 0.359. The zero-order chi connectivity index (χ0) is 12.0. The first kappa shape index (κ1) is 13.3. The van der Waals surface area contributed by atoms with Crippen LogP contribution in [0.5, 0.6) is 0 Å². The minimum atomic E-state index is 0.359. The summed E-state index contributed by atoms with van der Waals surface area (Å²) in [4.78, 5) is 17.8. The summed E-state index contributed by atoms with van der Waals surface area (Å²) in [5, 5.41) is 3.22. The number of rotatable bonds is 7. The highest BCUT2D eigenvalue weighted by Crippen LogP contribution is 2.10. The summed E-state index contributed by atoms with van der Waals surface area (Å²) in [6, 6.07) is 0. The van der Waals surface area contributed by atoms with Crippen molar-refractivity contribution in [3.05, 3.63) is 16.1 Å². The number of aryl methyl sites for hydroxylation is 1. The maximum Gasteiger partial charge on any atom is 0.132 e. The van der Waals surface area contributed by atoms with Gasteiger partial charge in [-0.05, 0) is 26.9 Å². The predicted molar refractivity (Wildman–Crippen MR) is 67.7 cm³/mol. The average molecular weight is 240 g/mol. The van der Waals surface area contributed by atoms with Gasteiger partial charge in [-0.2, -0.15) is 0 Å². The van der Waals surface area contributed by atoms with Gasteiger partial charge in [0.25, 0.3) is 0 Å². The maximum absolute atomic E-state index is 11.1. The van der Waals surface area contributed by atoms with E-state index in [0.29, 0.717) is 18.6 Å². The monoisotopic (exact) mass is 240 g/mol. The highest BCUT2D eigenvalue weighted by atomic mass is 32.1. The molecule has 0 aromatic carbocycles. The molecule has 1 rings (SSSR count). The molecule has 16 heavy (non-hydrogen) atoms. The summed E-state index contributed by atoms with van der Waals surface area (Å²) in [7, 11) is 2.07. The third-order valence-corrected chi connectivity index (χ3v) is 3.31. The molecular weight excluding hydrogens is 220 g/mol. The molecule has 0 N–H and O–H groups in total. The fourth-order valence-corrected chi connectivity index (χ4v) is 2.16. The average Bonchev–Trinajstić information content (AvgIpc) is 2.63. The summed E-state index contributed by atoms with van der Waals surface area (Å²) in [6.07, 6.45) is 2.32. The number of hydrogen-bond donors (Lipinski definition) is 0. The number of hydrogen-bond acceptors (Lipinski definition) is 4. The van der Waals surface area contributed by atoms with Crippen LogP contribution in [0.3, 0.4) is 0 Å². The van der Waals surface area contributed by atoms with Crippen molar-refractivity contribution in [3.63, 3.8) is 0 Å². The number of ketones is 1. The fraction of sp³-hybridized carbons (Fsp3) is 0.667. The van der Waals surface area contributed by atoms with E-state index in [1.165, 1.54) is 0 Å². The Hall–Kier alpha value is -0.740. The van der Waals surface area contributed by atoms with Gasteiger partial charge < -0.3 is 4.90 Å². The predicted octanol–water partition coefficient (Wildman–Crippen LogP) is 2.64. The first-order chi connectivity index (χ1) is 7.61. The van der Waals surface area contributed by atoms with E-state index in [0.717, 1.165) is 30.2 Å². The quantitative estimate of drug-likeness (QED) is 0.734. The van der Waals surface area contributed by atoms with E-state index in [2.05, 4.69) is 22.3 Å². The number of carbonyl (C=O) groups excluding carboxylic acids is 1. The lowest BCUT2D eigenvalue weighted by Gasteiger charge is -2.14. The first-order valence-electron chi connectivity index (χ1n) is 5.73. The maximum atomic E-state index is 11.1. The number of nitrogens with zero attached hydrogens (tertiary/aromatic N) is 2. The van der Waals surface area contributed by atoms with Crippen LogP contribution < -0.4 is 0 Å². The molecule has 3 nitrogen and oxygen atoms in total. The lowest BCUT2D eigenvalue weighted by molar-refractivity contribution is -0.118. The van der Waals surface area contributed by atoms with Crippen LogP contribution in [0.2, 0.25) is 0 Å². The van der Waals surface area contributed by atoms with E-state index in [-0.39, 0.29) is 0 Å². The summed E-state index contributed by atoms with van der Waals surface area (Å²) in [6.45, 7) is 5.78. The van der Waals surface area contributed by atoms with E-state index in [1.807, 2.05) is 13.8 Å². The molecule has 4 heteroatoms. The molecule has 0 aliphatic heterocycles. The van der Waals surface area contributed by atoms with Gasteiger partial charge in [0.05, 0.1) is 10.7 Å². The normalized spacial score (nSPS) is 11.0. The number of Topliss-reactive ketones (excluding diaryl/α,β-unsaturated/α-hetero) is 1. The third-order valence-electron chi connectivity index (χ3n) is 2.49. The molecule has 0 spiro atoms. The van der Waals surface area contributed by atoms with Crippen LogP contribution in [-0.4, -0.2) is 29.3 Å². The van der Waals surface area contributed by atoms with Crippen LogP contribution in [-0.2, 0) is 11.3 Å². The molecule has 0 radical (unpaired) electrons. The van der Waals surface area contributed by atoms with Crippen LogP contribution in [0.1, 0.15) is 36.9 Å². The van der Waals surface area contributed by atoms with Gasteiger partial charge in [-0.1, -0.05) is 6.92 Å². The van der Waals surface area contributed by atoms with Crippen LogP contribution in [0.25, 0.3) is 0 Å². The van der Waals surface area contributed by atoms with Crippen molar-refractivity contribution in [1.29, 1.82) is 0 Å². The molecule has 0 saturated carbocycles. The number of thiazole rings is 1. The highest BCUT2D eigenvalue weighted by Gasteiger charge is 2.04. The van der Waals surface area contributed by atoms with Crippen LogP contribution in [0.15, 0.2) is 5.38 Å². The van der Waals surface area contributed by atoms with Crippen molar-refractivity contribution < 1.29 is 4.79 Å². The highest BCUT2D eigenvalue weighted by molar-refractivity contribution is 7.09. The SMILES string of the molecule is CCC(=O)CCCN(C)Cc1csc(C)n1. The standard InChI is InChI=1S/C12H20N2OS/c1-4-12(15)6-5-7-14(3)8-11-9-16-10(2)13-11/h9H,4-8H2,1-3H3. The van der Waals surface area contributed by atoms with Gasteiger partial charge in [0.1, 0.15) is 5.78 Å². The molecule has 1 aromatic rings. The number of carbonyl (C=O) groups is 1. The van der Waals surface area contributed by atoms with Crippen molar-refractivity contribution in [3.8, 4) is 0 Å². The Morgan fingerprint density at radius 1 is 1.56 bits per heavy atom. The van der Waals surface area contributed by atoms with Gasteiger partial charge in [-0.3, -0.25) is 4.79 Å². The Bertz CT molecular complexity index is 336. The third kappa shape index (κ3) is 4.86. The van der Waals surface area contributed by atoms with Crippen LogP contribution in [0.4, 0.5) is 0 Å². The molecule has 1 aromatic heterocycles. The number of aromatic nitrogens is 1. The summed E-state index contributed by atoms with van der Waals surface area (Å²) < 4.78 is 0. The Morgan fingerprint density at radius 3 is 2.88 bits per heavy atom. The second kappa shape index (κ2) is 6.76. The molecular formula is C12H20N2OS. The topological polar surface area (TPSA) is 33.2 Å². The van der Waals surface area contributed by atoms with E-state index in [9.17, 15) is 4.79 Å². The second-order valence-corrected chi connectivity index (χ2v) is 5.15. The van der Waals surface area contributed by atoms with Gasteiger partial charge in [0.15, 0.2) is 0 Å². The molecule has 0 atom stereocenters. The second-order valence-electron chi connectivity index (χ2n) is 4.09. The summed E-state index contributed by atoms with van der Waals surface area (Å²) in [5.41, 5.74) is 1.13. The van der Waals surface area contributed by atoms with E-state index >= 15 is 0 Å². The Morgan fingerprint density at radius 2 is 2.31 bits per heavy atom. The van der Waals surface area contributed by atoms with Crippen LogP contribution in [0, 0.1) is 6.92 Å². The molecule has 0 bridgehead atoms. The molecule has 1 heterocycles. The lowest BCUT2D eigenvalue weighted by Crippen LogP contribution is -2.20. The molecule has 0 aliphatic carbocycles. The van der Waals surface area contributed by atoms with Crippen molar-refractivity contribution in [2.24, 2.45) is 0 Å². The lowest BCUT2D eigenvalue weighted by atomic mass is 10.2. The minimum absolute atomic E-state index is 0.359. The van der Waals surface area contributed by atoms with Crippen molar-refractivity contribution >= 4 is 17.1 Å². The molecule has 0 amide bonds. The molecule has 0 saturated heterocycles. The summed E-state index contributed by atoms with van der Waals surface area (Å²) >= 11 is 1.69. The van der Waals surface area contributed by atoms with Crippen LogP contribution >= 0.6 is 11.3 Å². The molecule has 0 unspecified atom stereocenters.